The van der Waals surface area contributed by atoms with Crippen LogP contribution in [-0.2, 0) is 11.3 Å². The van der Waals surface area contributed by atoms with Gasteiger partial charge in [0.25, 0.3) is 0 Å². The van der Waals surface area contributed by atoms with Crippen LogP contribution in [0, 0.1) is 0 Å². The molecule has 158 valence electrons. The van der Waals surface area contributed by atoms with Crippen molar-refractivity contribution in [1.29, 1.82) is 0 Å². The monoisotopic (exact) mass is 405 g/mol. The van der Waals surface area contributed by atoms with Crippen molar-refractivity contribution in [1.82, 2.24) is 9.88 Å². The molecule has 1 N–H and O–H groups in total. The van der Waals surface area contributed by atoms with Gasteiger partial charge in [0, 0.05) is 35.9 Å². The molecule has 1 unspecified atom stereocenters. The second kappa shape index (κ2) is 8.42. The van der Waals surface area contributed by atoms with Crippen LogP contribution in [0.1, 0.15) is 45.6 Å². The number of amides is 1. The fourth-order valence-corrected chi connectivity index (χ4v) is 4.14. The van der Waals surface area contributed by atoms with Crippen molar-refractivity contribution in [2.45, 2.75) is 58.3 Å². The molecule has 2 aromatic carbocycles. The van der Waals surface area contributed by atoms with Crippen LogP contribution in [0.15, 0.2) is 60.8 Å². The van der Waals surface area contributed by atoms with E-state index in [1.807, 2.05) is 37.9 Å². The van der Waals surface area contributed by atoms with Crippen molar-refractivity contribution in [2.24, 2.45) is 0 Å². The summed E-state index contributed by atoms with van der Waals surface area (Å²) in [7, 11) is 0. The zero-order valence-electron chi connectivity index (χ0n) is 18.1. The van der Waals surface area contributed by atoms with E-state index in [4.69, 9.17) is 4.74 Å². The molecule has 1 aromatic heterocycles. The first-order valence-electron chi connectivity index (χ1n) is 10.8. The van der Waals surface area contributed by atoms with E-state index >= 15 is 0 Å². The summed E-state index contributed by atoms with van der Waals surface area (Å²) in [6.07, 6.45) is 4.73. The quantitative estimate of drug-likeness (QED) is 0.586. The number of benzene rings is 2. The Bertz CT molecular complexity index is 990. The molecule has 0 saturated carbocycles. The van der Waals surface area contributed by atoms with Gasteiger partial charge in [0.1, 0.15) is 11.8 Å². The van der Waals surface area contributed by atoms with E-state index in [9.17, 15) is 4.79 Å². The standard InChI is InChI=1S/C25H31N3O2/c1-25(2,3)30-24(29)27-16-8-7-11-23(27)28(18-19-9-5-4-6-10-19)21-12-13-22-20(17-21)14-15-26-22/h4-6,9-10,12-15,17,23,26H,7-8,11,16,18H2,1-3H3. The number of fused-ring (bicyclic) bond motifs is 1. The largest absolute Gasteiger partial charge is 0.444 e. The van der Waals surface area contributed by atoms with Crippen LogP contribution in [0.25, 0.3) is 10.9 Å². The van der Waals surface area contributed by atoms with Gasteiger partial charge < -0.3 is 14.6 Å². The first-order valence-corrected chi connectivity index (χ1v) is 10.8. The molecule has 4 rings (SSSR count). The highest BCUT2D eigenvalue weighted by Gasteiger charge is 2.34. The minimum absolute atomic E-state index is 0.0369. The normalized spacial score (nSPS) is 17.2. The number of aromatic nitrogens is 1. The van der Waals surface area contributed by atoms with Crippen molar-refractivity contribution >= 4 is 22.7 Å². The number of carbonyl (C=O) groups is 1. The zero-order chi connectivity index (χ0) is 21.1. The summed E-state index contributed by atoms with van der Waals surface area (Å²) in [6, 6.07) is 19.0. The minimum Gasteiger partial charge on any atom is -0.444 e. The first kappa shape index (κ1) is 20.3. The molecular formula is C25H31N3O2. The van der Waals surface area contributed by atoms with Crippen molar-refractivity contribution in [3.8, 4) is 0 Å². The highest BCUT2D eigenvalue weighted by atomic mass is 16.6. The Morgan fingerprint density at radius 3 is 2.70 bits per heavy atom. The first-order chi connectivity index (χ1) is 14.4. The lowest BCUT2D eigenvalue weighted by atomic mass is 10.0. The molecule has 1 aliphatic rings. The molecule has 0 radical (unpaired) electrons. The fraction of sp³-hybridized carbons (Fsp3) is 0.400. The molecule has 30 heavy (non-hydrogen) atoms. The molecule has 0 aliphatic carbocycles. The maximum absolute atomic E-state index is 13.1. The highest BCUT2D eigenvalue weighted by Crippen LogP contribution is 2.31. The predicted molar refractivity (Wildman–Crippen MR) is 122 cm³/mol. The maximum atomic E-state index is 13.1. The number of piperidine rings is 1. The van der Waals surface area contributed by atoms with E-state index in [-0.39, 0.29) is 12.3 Å². The third kappa shape index (κ3) is 4.61. The van der Waals surface area contributed by atoms with Crippen molar-refractivity contribution in [3.63, 3.8) is 0 Å². The molecule has 1 fully saturated rings. The fourth-order valence-electron chi connectivity index (χ4n) is 4.14. The van der Waals surface area contributed by atoms with Crippen molar-refractivity contribution < 1.29 is 9.53 Å². The number of nitrogens with one attached hydrogen (secondary N) is 1. The van der Waals surface area contributed by atoms with E-state index < -0.39 is 5.60 Å². The van der Waals surface area contributed by atoms with Crippen LogP contribution in [0.3, 0.4) is 0 Å². The number of nitrogens with zero attached hydrogens (tertiary/aromatic N) is 2. The van der Waals surface area contributed by atoms with Gasteiger partial charge in [-0.15, -0.1) is 0 Å². The third-order valence-corrected chi connectivity index (χ3v) is 5.52. The summed E-state index contributed by atoms with van der Waals surface area (Å²) in [5.74, 6) is 0. The van der Waals surface area contributed by atoms with E-state index in [2.05, 4.69) is 58.4 Å². The Morgan fingerprint density at radius 1 is 1.13 bits per heavy atom. The van der Waals surface area contributed by atoms with Gasteiger partial charge in [-0.1, -0.05) is 30.3 Å². The van der Waals surface area contributed by atoms with Gasteiger partial charge in [0.15, 0.2) is 0 Å². The number of ether oxygens (including phenoxy) is 1. The van der Waals surface area contributed by atoms with Crippen molar-refractivity contribution in [2.75, 3.05) is 11.4 Å². The lowest BCUT2D eigenvalue weighted by molar-refractivity contribution is 0.00923. The van der Waals surface area contributed by atoms with Crippen LogP contribution in [0.5, 0.6) is 0 Å². The summed E-state index contributed by atoms with van der Waals surface area (Å²) in [6.45, 7) is 7.22. The average Bonchev–Trinajstić information content (AvgIpc) is 3.19. The SMILES string of the molecule is CC(C)(C)OC(=O)N1CCCCC1N(Cc1ccccc1)c1ccc2[nH]ccc2c1. The Balaban J connectivity index is 1.70. The van der Waals surface area contributed by atoms with Crippen LogP contribution < -0.4 is 4.90 Å². The number of rotatable bonds is 4. The van der Waals surface area contributed by atoms with Crippen LogP contribution in [-0.4, -0.2) is 34.3 Å². The maximum Gasteiger partial charge on any atom is 0.411 e. The lowest BCUT2D eigenvalue weighted by Gasteiger charge is -2.44. The third-order valence-electron chi connectivity index (χ3n) is 5.52. The van der Waals surface area contributed by atoms with Crippen molar-refractivity contribution in [3.05, 3.63) is 66.4 Å². The number of H-pyrrole nitrogens is 1. The number of hydrogen-bond acceptors (Lipinski definition) is 3. The van der Waals surface area contributed by atoms with E-state index in [1.165, 1.54) is 10.9 Å². The van der Waals surface area contributed by atoms with Gasteiger partial charge in [-0.2, -0.15) is 0 Å². The molecule has 0 bridgehead atoms. The molecule has 1 aliphatic heterocycles. The number of likely N-dealkylation sites (tertiary alicyclic amines) is 1. The van der Waals surface area contributed by atoms with Crippen LogP contribution in [0.4, 0.5) is 10.5 Å². The Labute approximate surface area is 178 Å². The van der Waals surface area contributed by atoms with Gasteiger partial charge in [-0.25, -0.2) is 4.79 Å². The van der Waals surface area contributed by atoms with Gasteiger partial charge in [0.2, 0.25) is 0 Å². The molecule has 3 aromatic rings. The molecule has 0 spiro atoms. The summed E-state index contributed by atoms with van der Waals surface area (Å²) >= 11 is 0. The topological polar surface area (TPSA) is 48.6 Å². The Morgan fingerprint density at radius 2 is 1.93 bits per heavy atom. The molecule has 2 heterocycles. The number of aromatic amines is 1. The summed E-state index contributed by atoms with van der Waals surface area (Å²) in [5, 5.41) is 1.17. The van der Waals surface area contributed by atoms with Crippen LogP contribution in [0.2, 0.25) is 0 Å². The van der Waals surface area contributed by atoms with Crippen LogP contribution >= 0.6 is 0 Å². The van der Waals surface area contributed by atoms with Gasteiger partial charge >= 0.3 is 6.09 Å². The summed E-state index contributed by atoms with van der Waals surface area (Å²) < 4.78 is 5.76. The Hall–Kier alpha value is -2.95. The van der Waals surface area contributed by atoms with Gasteiger partial charge in [-0.3, -0.25) is 4.90 Å². The van der Waals surface area contributed by atoms with E-state index in [0.717, 1.165) is 43.6 Å². The number of hydrogen-bond donors (Lipinski definition) is 1. The van der Waals surface area contributed by atoms with E-state index in [1.54, 1.807) is 0 Å². The molecule has 1 atom stereocenters. The molecule has 1 saturated heterocycles. The minimum atomic E-state index is -0.507. The molecule has 1 amide bonds. The van der Waals surface area contributed by atoms with Gasteiger partial charge in [0.05, 0.1) is 0 Å². The number of carbonyl (C=O) groups excluding carboxylic acids is 1. The predicted octanol–water partition coefficient (Wildman–Crippen LogP) is 5.92. The molecule has 5 heteroatoms. The van der Waals surface area contributed by atoms with E-state index in [0.29, 0.717) is 0 Å². The highest BCUT2D eigenvalue weighted by molar-refractivity contribution is 5.83. The molecular weight excluding hydrogens is 374 g/mol. The Kier molecular flexibility index (Phi) is 5.71. The summed E-state index contributed by atoms with van der Waals surface area (Å²) in [5.41, 5.74) is 2.95. The smallest absolute Gasteiger partial charge is 0.411 e. The zero-order valence-corrected chi connectivity index (χ0v) is 18.1. The van der Waals surface area contributed by atoms with Gasteiger partial charge in [-0.05, 0) is 69.9 Å². The summed E-state index contributed by atoms with van der Waals surface area (Å²) in [4.78, 5) is 20.6. The number of anilines is 1. The molecule has 5 nitrogen and oxygen atoms in total. The lowest BCUT2D eigenvalue weighted by Crippen LogP contribution is -2.54. The average molecular weight is 406 g/mol. The second-order valence-electron chi connectivity index (χ2n) is 9.01. The second-order valence-corrected chi connectivity index (χ2v) is 9.01.